The Morgan fingerprint density at radius 1 is 1.40 bits per heavy atom. The Bertz CT molecular complexity index is 315. The molecule has 1 N–H and O–H groups in total. The second-order valence-electron chi connectivity index (χ2n) is 3.26. The normalized spacial score (nSPS) is 12.8. The van der Waals surface area contributed by atoms with E-state index >= 15 is 0 Å². The van der Waals surface area contributed by atoms with Gasteiger partial charge in [0.05, 0.1) is 6.61 Å². The summed E-state index contributed by atoms with van der Waals surface area (Å²) in [6.45, 7) is 3.06. The van der Waals surface area contributed by atoms with Crippen LogP contribution in [0.25, 0.3) is 0 Å². The second kappa shape index (κ2) is 6.63. The lowest BCUT2D eigenvalue weighted by Gasteiger charge is -2.13. The zero-order chi connectivity index (χ0) is 11.3. The smallest absolute Gasteiger partial charge is 0.103 e. The van der Waals surface area contributed by atoms with Crippen LogP contribution in [0, 0.1) is 0 Å². The maximum atomic E-state index is 9.88. The van der Waals surface area contributed by atoms with Crippen LogP contribution in [0.1, 0.15) is 25.0 Å². The number of ether oxygens (including phenoxy) is 1. The molecule has 0 fully saturated rings. The van der Waals surface area contributed by atoms with Crippen molar-refractivity contribution >= 4 is 31.9 Å². The molecule has 0 spiro atoms. The predicted octanol–water partition coefficient (Wildman–Crippen LogP) is 3.67. The standard InChI is InChI=1S/C11H14Br2O2/c1-2-5-15-7-11(14)9-6-8(12)3-4-10(9)13/h3-4,6,11,14H,2,5,7H2,1H3. The lowest BCUT2D eigenvalue weighted by atomic mass is 10.1. The summed E-state index contributed by atoms with van der Waals surface area (Å²) in [5.74, 6) is 0. The van der Waals surface area contributed by atoms with Gasteiger partial charge in [-0.1, -0.05) is 38.8 Å². The molecule has 0 aliphatic rings. The van der Waals surface area contributed by atoms with Crippen LogP contribution in [0.5, 0.6) is 0 Å². The van der Waals surface area contributed by atoms with Crippen molar-refractivity contribution in [3.05, 3.63) is 32.7 Å². The fourth-order valence-corrected chi connectivity index (χ4v) is 2.09. The molecule has 0 aliphatic heterocycles. The number of halogens is 2. The summed E-state index contributed by atoms with van der Waals surface area (Å²) in [5.41, 5.74) is 0.848. The molecule has 2 nitrogen and oxygen atoms in total. The quantitative estimate of drug-likeness (QED) is 0.831. The van der Waals surface area contributed by atoms with Crippen molar-refractivity contribution in [3.8, 4) is 0 Å². The van der Waals surface area contributed by atoms with E-state index in [4.69, 9.17) is 4.74 Å². The SMILES string of the molecule is CCCOCC(O)c1cc(Br)ccc1Br. The Morgan fingerprint density at radius 3 is 2.80 bits per heavy atom. The topological polar surface area (TPSA) is 29.5 Å². The zero-order valence-electron chi connectivity index (χ0n) is 8.54. The van der Waals surface area contributed by atoms with Crippen molar-refractivity contribution in [2.75, 3.05) is 13.2 Å². The Balaban J connectivity index is 2.64. The van der Waals surface area contributed by atoms with Crippen molar-refractivity contribution in [2.45, 2.75) is 19.4 Å². The van der Waals surface area contributed by atoms with Gasteiger partial charge in [-0.3, -0.25) is 0 Å². The van der Waals surface area contributed by atoms with Crippen molar-refractivity contribution < 1.29 is 9.84 Å². The molecule has 0 heterocycles. The van der Waals surface area contributed by atoms with Gasteiger partial charge < -0.3 is 9.84 Å². The van der Waals surface area contributed by atoms with Crippen LogP contribution in [-0.2, 0) is 4.74 Å². The first-order valence-electron chi connectivity index (χ1n) is 4.86. The molecule has 1 unspecified atom stereocenters. The third-order valence-electron chi connectivity index (χ3n) is 1.94. The molecule has 0 bridgehead atoms. The fraction of sp³-hybridized carbons (Fsp3) is 0.455. The Hall–Kier alpha value is 0.1000. The van der Waals surface area contributed by atoms with Gasteiger partial charge in [0.15, 0.2) is 0 Å². The Kier molecular flexibility index (Phi) is 5.82. The molecule has 0 amide bonds. The molecule has 4 heteroatoms. The summed E-state index contributed by atoms with van der Waals surface area (Å²) < 4.78 is 7.16. The first-order chi connectivity index (χ1) is 7.15. The Labute approximate surface area is 107 Å². The predicted molar refractivity (Wildman–Crippen MR) is 67.9 cm³/mol. The first-order valence-corrected chi connectivity index (χ1v) is 6.44. The van der Waals surface area contributed by atoms with Crippen LogP contribution in [0.4, 0.5) is 0 Å². The van der Waals surface area contributed by atoms with Crippen LogP contribution in [0.2, 0.25) is 0 Å². The number of aliphatic hydroxyl groups is 1. The van der Waals surface area contributed by atoms with Crippen LogP contribution in [0.15, 0.2) is 27.1 Å². The highest BCUT2D eigenvalue weighted by Crippen LogP contribution is 2.27. The molecular formula is C11H14Br2O2. The molecule has 1 atom stereocenters. The number of rotatable bonds is 5. The highest BCUT2D eigenvalue weighted by molar-refractivity contribution is 9.11. The average Bonchev–Trinajstić information content (AvgIpc) is 2.22. The minimum absolute atomic E-state index is 0.336. The lowest BCUT2D eigenvalue weighted by molar-refractivity contribution is 0.0360. The van der Waals surface area contributed by atoms with E-state index in [-0.39, 0.29) is 0 Å². The number of hydrogen-bond acceptors (Lipinski definition) is 2. The third kappa shape index (κ3) is 4.23. The van der Waals surface area contributed by atoms with Gasteiger partial charge in [-0.05, 0) is 30.2 Å². The van der Waals surface area contributed by atoms with Gasteiger partial charge in [0.1, 0.15) is 6.10 Å². The van der Waals surface area contributed by atoms with E-state index in [0.717, 1.165) is 20.9 Å². The zero-order valence-corrected chi connectivity index (χ0v) is 11.7. The molecule has 15 heavy (non-hydrogen) atoms. The average molecular weight is 338 g/mol. The summed E-state index contributed by atoms with van der Waals surface area (Å²) >= 11 is 6.78. The Morgan fingerprint density at radius 2 is 2.13 bits per heavy atom. The molecule has 1 aromatic rings. The van der Waals surface area contributed by atoms with E-state index in [1.165, 1.54) is 0 Å². The third-order valence-corrected chi connectivity index (χ3v) is 3.16. The molecule has 0 aromatic heterocycles. The van der Waals surface area contributed by atoms with E-state index in [2.05, 4.69) is 31.9 Å². The highest BCUT2D eigenvalue weighted by Gasteiger charge is 2.11. The second-order valence-corrected chi connectivity index (χ2v) is 5.03. The number of benzene rings is 1. The van der Waals surface area contributed by atoms with E-state index in [1.54, 1.807) is 0 Å². The van der Waals surface area contributed by atoms with Gasteiger partial charge in [0.2, 0.25) is 0 Å². The van der Waals surface area contributed by atoms with Gasteiger partial charge in [0.25, 0.3) is 0 Å². The van der Waals surface area contributed by atoms with E-state index in [1.807, 2.05) is 25.1 Å². The summed E-state index contributed by atoms with van der Waals surface area (Å²) in [4.78, 5) is 0. The molecular weight excluding hydrogens is 324 g/mol. The molecule has 0 saturated heterocycles. The summed E-state index contributed by atoms with van der Waals surface area (Å²) in [6.07, 6.45) is 0.384. The highest BCUT2D eigenvalue weighted by atomic mass is 79.9. The van der Waals surface area contributed by atoms with Crippen LogP contribution in [0.3, 0.4) is 0 Å². The maximum absolute atomic E-state index is 9.88. The van der Waals surface area contributed by atoms with Gasteiger partial charge in [0, 0.05) is 15.6 Å². The molecule has 0 aliphatic carbocycles. The number of aliphatic hydroxyl groups excluding tert-OH is 1. The molecule has 0 saturated carbocycles. The van der Waals surface area contributed by atoms with Gasteiger partial charge in [-0.15, -0.1) is 0 Å². The summed E-state index contributed by atoms with van der Waals surface area (Å²) in [5, 5.41) is 9.88. The minimum atomic E-state index is -0.580. The summed E-state index contributed by atoms with van der Waals surface area (Å²) in [7, 11) is 0. The maximum Gasteiger partial charge on any atom is 0.103 e. The van der Waals surface area contributed by atoms with Gasteiger partial charge in [-0.2, -0.15) is 0 Å². The van der Waals surface area contributed by atoms with Crippen molar-refractivity contribution in [1.82, 2.24) is 0 Å². The van der Waals surface area contributed by atoms with Gasteiger partial charge >= 0.3 is 0 Å². The molecule has 84 valence electrons. The number of hydrogen-bond donors (Lipinski definition) is 1. The van der Waals surface area contributed by atoms with E-state index in [9.17, 15) is 5.11 Å². The van der Waals surface area contributed by atoms with Crippen LogP contribution < -0.4 is 0 Å². The lowest BCUT2D eigenvalue weighted by Crippen LogP contribution is -2.08. The first kappa shape index (κ1) is 13.2. The molecule has 1 aromatic carbocycles. The fourth-order valence-electron chi connectivity index (χ4n) is 1.20. The monoisotopic (exact) mass is 336 g/mol. The van der Waals surface area contributed by atoms with Gasteiger partial charge in [-0.25, -0.2) is 0 Å². The molecule has 1 rings (SSSR count). The molecule has 0 radical (unpaired) electrons. The van der Waals surface area contributed by atoms with Crippen LogP contribution in [-0.4, -0.2) is 18.3 Å². The van der Waals surface area contributed by atoms with Crippen molar-refractivity contribution in [1.29, 1.82) is 0 Å². The van der Waals surface area contributed by atoms with E-state index in [0.29, 0.717) is 13.2 Å². The van der Waals surface area contributed by atoms with Crippen LogP contribution >= 0.6 is 31.9 Å². The van der Waals surface area contributed by atoms with E-state index < -0.39 is 6.10 Å². The van der Waals surface area contributed by atoms with Crippen molar-refractivity contribution in [2.24, 2.45) is 0 Å². The van der Waals surface area contributed by atoms with Crippen molar-refractivity contribution in [3.63, 3.8) is 0 Å². The largest absolute Gasteiger partial charge is 0.386 e. The summed E-state index contributed by atoms with van der Waals surface area (Å²) in [6, 6.07) is 5.72. The minimum Gasteiger partial charge on any atom is -0.386 e.